The maximum absolute atomic E-state index is 12.7. The molecule has 33 heavy (non-hydrogen) atoms. The van der Waals surface area contributed by atoms with Gasteiger partial charge in [-0.15, -0.1) is 0 Å². The second-order valence-electron chi connectivity index (χ2n) is 7.92. The van der Waals surface area contributed by atoms with E-state index in [0.29, 0.717) is 55.3 Å². The highest BCUT2D eigenvalue weighted by molar-refractivity contribution is 5.78. The SMILES string of the molecule is Cc1nc(-c2ccc(N3CCN(C(=O)CCn4cnc5ccccc5c4=O)CC3)nc2)no1. The fourth-order valence-corrected chi connectivity index (χ4v) is 3.95. The third-order valence-corrected chi connectivity index (χ3v) is 5.79. The predicted octanol–water partition coefficient (Wildman–Crippen LogP) is 1.89. The average Bonchev–Trinajstić information content (AvgIpc) is 3.30. The lowest BCUT2D eigenvalue weighted by Gasteiger charge is -2.35. The third-order valence-electron chi connectivity index (χ3n) is 5.79. The summed E-state index contributed by atoms with van der Waals surface area (Å²) in [4.78, 5) is 42.4. The van der Waals surface area contributed by atoms with Crippen LogP contribution in [0.15, 0.2) is 58.2 Å². The van der Waals surface area contributed by atoms with Gasteiger partial charge in [-0.05, 0) is 24.3 Å². The summed E-state index contributed by atoms with van der Waals surface area (Å²) in [6, 6.07) is 11.1. The van der Waals surface area contributed by atoms with E-state index in [9.17, 15) is 9.59 Å². The summed E-state index contributed by atoms with van der Waals surface area (Å²) in [5, 5.41) is 4.47. The van der Waals surface area contributed by atoms with Crippen LogP contribution in [0.4, 0.5) is 5.82 Å². The maximum atomic E-state index is 12.7. The molecule has 4 heterocycles. The molecule has 0 radical (unpaired) electrons. The van der Waals surface area contributed by atoms with Gasteiger partial charge in [0.2, 0.25) is 17.6 Å². The van der Waals surface area contributed by atoms with E-state index in [0.717, 1.165) is 11.4 Å². The average molecular weight is 445 g/mol. The van der Waals surface area contributed by atoms with Gasteiger partial charge in [0.25, 0.3) is 5.56 Å². The first kappa shape index (κ1) is 20.8. The first-order chi connectivity index (χ1) is 16.1. The minimum atomic E-state index is -0.122. The molecule has 0 spiro atoms. The standard InChI is InChI=1S/C23H23N7O3/c1-16-26-22(27-33-16)17-6-7-20(24-14-17)28-10-12-29(13-11-28)21(31)8-9-30-15-25-19-5-3-2-4-18(19)23(30)32/h2-7,14-15H,8-13H2,1H3. The van der Waals surface area contributed by atoms with E-state index in [2.05, 4.69) is 25.0 Å². The first-order valence-electron chi connectivity index (χ1n) is 10.8. The Labute approximate surface area is 189 Å². The number of carbonyl (C=O) groups is 1. The van der Waals surface area contributed by atoms with Crippen molar-refractivity contribution in [3.8, 4) is 11.4 Å². The van der Waals surface area contributed by atoms with Crippen LogP contribution < -0.4 is 10.5 Å². The Bertz CT molecular complexity index is 1340. The molecule has 3 aromatic heterocycles. The van der Waals surface area contributed by atoms with Crippen molar-refractivity contribution in [1.29, 1.82) is 0 Å². The Morgan fingerprint density at radius 3 is 2.61 bits per heavy atom. The number of rotatable bonds is 5. The zero-order chi connectivity index (χ0) is 22.8. The van der Waals surface area contributed by atoms with Gasteiger partial charge in [0.1, 0.15) is 5.82 Å². The van der Waals surface area contributed by atoms with Gasteiger partial charge in [0.15, 0.2) is 0 Å². The van der Waals surface area contributed by atoms with Crippen LogP contribution in [-0.4, -0.2) is 61.7 Å². The number of anilines is 1. The summed E-state index contributed by atoms with van der Waals surface area (Å²) in [5.74, 6) is 1.91. The van der Waals surface area contributed by atoms with Crippen molar-refractivity contribution in [2.75, 3.05) is 31.1 Å². The van der Waals surface area contributed by atoms with Crippen LogP contribution in [0.2, 0.25) is 0 Å². The molecular weight excluding hydrogens is 422 g/mol. The molecule has 4 aromatic rings. The highest BCUT2D eigenvalue weighted by Crippen LogP contribution is 2.19. The van der Waals surface area contributed by atoms with Crippen LogP contribution in [0, 0.1) is 6.92 Å². The summed E-state index contributed by atoms with van der Waals surface area (Å²) in [5.41, 5.74) is 1.34. The number of hydrogen-bond acceptors (Lipinski definition) is 8. The normalized spacial score (nSPS) is 14.1. The molecule has 1 aliphatic heterocycles. The van der Waals surface area contributed by atoms with Gasteiger partial charge in [-0.25, -0.2) is 9.97 Å². The van der Waals surface area contributed by atoms with Crippen LogP contribution in [-0.2, 0) is 11.3 Å². The zero-order valence-electron chi connectivity index (χ0n) is 18.2. The van der Waals surface area contributed by atoms with Crippen LogP contribution in [0.5, 0.6) is 0 Å². The summed E-state index contributed by atoms with van der Waals surface area (Å²) >= 11 is 0. The molecular formula is C23H23N7O3. The van der Waals surface area contributed by atoms with E-state index in [1.165, 1.54) is 10.9 Å². The number of nitrogens with zero attached hydrogens (tertiary/aromatic N) is 7. The van der Waals surface area contributed by atoms with Crippen molar-refractivity contribution in [2.24, 2.45) is 0 Å². The van der Waals surface area contributed by atoms with Crippen molar-refractivity contribution in [1.82, 2.24) is 29.6 Å². The van der Waals surface area contributed by atoms with E-state index < -0.39 is 0 Å². The number of benzene rings is 1. The van der Waals surface area contributed by atoms with Gasteiger partial charge in [0.05, 0.1) is 17.2 Å². The minimum absolute atomic E-state index is 0.0329. The van der Waals surface area contributed by atoms with E-state index >= 15 is 0 Å². The molecule has 10 heteroatoms. The number of aryl methyl sites for hydroxylation is 2. The van der Waals surface area contributed by atoms with Crippen molar-refractivity contribution in [2.45, 2.75) is 19.9 Å². The molecule has 168 valence electrons. The summed E-state index contributed by atoms with van der Waals surface area (Å²) in [6.45, 7) is 4.66. The lowest BCUT2D eigenvalue weighted by Crippen LogP contribution is -2.49. The van der Waals surface area contributed by atoms with Crippen molar-refractivity contribution in [3.05, 3.63) is 65.2 Å². The van der Waals surface area contributed by atoms with Crippen LogP contribution in [0.3, 0.4) is 0 Å². The molecule has 1 aromatic carbocycles. The molecule has 0 saturated carbocycles. The Hall–Kier alpha value is -4.08. The quantitative estimate of drug-likeness (QED) is 0.458. The zero-order valence-corrected chi connectivity index (χ0v) is 18.2. The summed E-state index contributed by atoms with van der Waals surface area (Å²) in [7, 11) is 0. The number of pyridine rings is 1. The fourth-order valence-electron chi connectivity index (χ4n) is 3.95. The number of aromatic nitrogens is 5. The smallest absolute Gasteiger partial charge is 0.261 e. The van der Waals surface area contributed by atoms with Crippen molar-refractivity contribution < 1.29 is 9.32 Å². The Kier molecular flexibility index (Phi) is 5.55. The molecule has 0 atom stereocenters. The van der Waals surface area contributed by atoms with Crippen LogP contribution >= 0.6 is 0 Å². The number of hydrogen-bond donors (Lipinski definition) is 0. The van der Waals surface area contributed by atoms with Crippen molar-refractivity contribution in [3.63, 3.8) is 0 Å². The molecule has 0 aliphatic carbocycles. The van der Waals surface area contributed by atoms with E-state index in [-0.39, 0.29) is 17.9 Å². The molecule has 1 aliphatic rings. The Balaban J connectivity index is 1.16. The van der Waals surface area contributed by atoms with Gasteiger partial charge in [-0.1, -0.05) is 17.3 Å². The number of para-hydroxylation sites is 1. The predicted molar refractivity (Wildman–Crippen MR) is 122 cm³/mol. The highest BCUT2D eigenvalue weighted by Gasteiger charge is 2.22. The second-order valence-corrected chi connectivity index (χ2v) is 7.92. The first-order valence-corrected chi connectivity index (χ1v) is 10.8. The number of amides is 1. The summed E-state index contributed by atoms with van der Waals surface area (Å²) in [6.07, 6.45) is 3.50. The van der Waals surface area contributed by atoms with Crippen LogP contribution in [0.1, 0.15) is 12.3 Å². The maximum Gasteiger partial charge on any atom is 0.261 e. The monoisotopic (exact) mass is 445 g/mol. The third kappa shape index (κ3) is 4.32. The molecule has 0 bridgehead atoms. The fraction of sp³-hybridized carbons (Fsp3) is 0.304. The highest BCUT2D eigenvalue weighted by atomic mass is 16.5. The molecule has 10 nitrogen and oxygen atoms in total. The molecule has 0 N–H and O–H groups in total. The largest absolute Gasteiger partial charge is 0.353 e. The minimum Gasteiger partial charge on any atom is -0.353 e. The number of carbonyl (C=O) groups excluding carboxylic acids is 1. The van der Waals surface area contributed by atoms with Gasteiger partial charge in [-0.2, -0.15) is 4.98 Å². The van der Waals surface area contributed by atoms with E-state index in [4.69, 9.17) is 4.52 Å². The van der Waals surface area contributed by atoms with Gasteiger partial charge >= 0.3 is 0 Å². The molecule has 5 rings (SSSR count). The topological polar surface area (TPSA) is 110 Å². The molecule has 1 fully saturated rings. The van der Waals surface area contributed by atoms with E-state index in [1.807, 2.05) is 29.2 Å². The lowest BCUT2D eigenvalue weighted by molar-refractivity contribution is -0.131. The van der Waals surface area contributed by atoms with Crippen LogP contribution in [0.25, 0.3) is 22.3 Å². The van der Waals surface area contributed by atoms with E-state index in [1.54, 1.807) is 25.3 Å². The van der Waals surface area contributed by atoms with Gasteiger partial charge in [-0.3, -0.25) is 14.2 Å². The number of fused-ring (bicyclic) bond motifs is 1. The number of piperazine rings is 1. The van der Waals surface area contributed by atoms with Crippen molar-refractivity contribution >= 4 is 22.6 Å². The van der Waals surface area contributed by atoms with Gasteiger partial charge < -0.3 is 14.3 Å². The molecule has 1 saturated heterocycles. The molecule has 0 unspecified atom stereocenters. The molecule has 1 amide bonds. The Morgan fingerprint density at radius 2 is 1.88 bits per heavy atom. The van der Waals surface area contributed by atoms with Gasteiger partial charge in [0, 0.05) is 57.8 Å². The Morgan fingerprint density at radius 1 is 1.06 bits per heavy atom. The summed E-state index contributed by atoms with van der Waals surface area (Å²) < 4.78 is 6.52. The second kappa shape index (κ2) is 8.81. The lowest BCUT2D eigenvalue weighted by atomic mass is 10.2.